The molecule has 43 heavy (non-hydrogen) atoms. The molecule has 2 aliphatic rings. The monoisotopic (exact) mass is 579 g/mol. The maximum absolute atomic E-state index is 13.3. The third kappa shape index (κ3) is 4.98. The molecule has 0 radical (unpaired) electrons. The largest absolute Gasteiger partial charge is 0.495 e. The van der Waals surface area contributed by atoms with Crippen LogP contribution in [0.5, 0.6) is 5.75 Å². The van der Waals surface area contributed by atoms with Gasteiger partial charge in [0.2, 0.25) is 0 Å². The van der Waals surface area contributed by atoms with Crippen molar-refractivity contribution in [2.24, 2.45) is 7.05 Å². The first kappa shape index (κ1) is 27.4. The molecule has 0 bridgehead atoms. The van der Waals surface area contributed by atoms with Gasteiger partial charge in [0.25, 0.3) is 5.91 Å². The standard InChI is InChI=1S/C32H37N9O2/c1-39-25-6-4-3-5-20(25)17-26(39)32(42)37-24-12-7-21(18-27(24)43-2)29-28-30(33)35-19-36-31(28)41(38-29)23-10-8-22(9-11-23)40-15-13-34-14-16-40/h3-7,12,17-19,22-23,34H,8-11,13-16H2,1-2H3,(H,37,42)(H2,33,35,36). The van der Waals surface area contributed by atoms with Gasteiger partial charge in [-0.1, -0.05) is 24.3 Å². The summed E-state index contributed by atoms with van der Waals surface area (Å²) in [6.45, 7) is 4.37. The van der Waals surface area contributed by atoms with Crippen LogP contribution in [0, 0.1) is 0 Å². The number of anilines is 2. The minimum atomic E-state index is -0.214. The molecule has 222 valence electrons. The van der Waals surface area contributed by atoms with Crippen molar-refractivity contribution in [1.82, 2.24) is 34.5 Å². The molecule has 2 fully saturated rings. The number of aromatic nitrogens is 5. The molecule has 5 aromatic rings. The van der Waals surface area contributed by atoms with E-state index in [0.29, 0.717) is 34.7 Å². The van der Waals surface area contributed by atoms with Crippen LogP contribution >= 0.6 is 0 Å². The van der Waals surface area contributed by atoms with Crippen LogP contribution in [0.4, 0.5) is 11.5 Å². The highest BCUT2D eigenvalue weighted by atomic mass is 16.5. The molecular weight excluding hydrogens is 542 g/mol. The van der Waals surface area contributed by atoms with Crippen molar-refractivity contribution in [1.29, 1.82) is 0 Å². The minimum absolute atomic E-state index is 0.214. The van der Waals surface area contributed by atoms with Crippen LogP contribution in [-0.4, -0.2) is 74.5 Å². The van der Waals surface area contributed by atoms with Crippen LogP contribution in [0.15, 0.2) is 54.9 Å². The predicted molar refractivity (Wildman–Crippen MR) is 168 cm³/mol. The summed E-state index contributed by atoms with van der Waals surface area (Å²) in [5.41, 5.74) is 10.8. The number of para-hydroxylation sites is 1. The Morgan fingerprint density at radius 2 is 1.79 bits per heavy atom. The van der Waals surface area contributed by atoms with Crippen LogP contribution in [0.25, 0.3) is 33.2 Å². The molecule has 3 aromatic heterocycles. The molecule has 1 amide bonds. The number of carbonyl (C=O) groups excluding carboxylic acids is 1. The van der Waals surface area contributed by atoms with Gasteiger partial charge in [0.05, 0.1) is 24.2 Å². The first-order valence-corrected chi connectivity index (χ1v) is 15.0. The number of hydrogen-bond donors (Lipinski definition) is 3. The van der Waals surface area contributed by atoms with Gasteiger partial charge in [-0.05, 0) is 49.9 Å². The predicted octanol–water partition coefficient (Wildman–Crippen LogP) is 4.22. The topological polar surface area (TPSA) is 128 Å². The number of aryl methyl sites for hydroxylation is 1. The molecule has 7 rings (SSSR count). The normalized spacial score (nSPS) is 19.6. The number of methoxy groups -OCH3 is 1. The van der Waals surface area contributed by atoms with Gasteiger partial charge in [-0.2, -0.15) is 5.10 Å². The van der Waals surface area contributed by atoms with Gasteiger partial charge in [-0.15, -0.1) is 0 Å². The number of ether oxygens (including phenoxy) is 1. The first-order chi connectivity index (χ1) is 21.0. The zero-order valence-corrected chi connectivity index (χ0v) is 24.6. The van der Waals surface area contributed by atoms with Gasteiger partial charge in [0.15, 0.2) is 5.65 Å². The Balaban J connectivity index is 1.17. The third-order valence-corrected chi connectivity index (χ3v) is 9.11. The van der Waals surface area contributed by atoms with Crippen molar-refractivity contribution in [2.75, 3.05) is 44.3 Å². The summed E-state index contributed by atoms with van der Waals surface area (Å²) in [6, 6.07) is 16.3. The number of benzene rings is 2. The lowest BCUT2D eigenvalue weighted by molar-refractivity contribution is 0.101. The van der Waals surface area contributed by atoms with E-state index in [1.54, 1.807) is 7.11 Å². The van der Waals surface area contributed by atoms with Crippen molar-refractivity contribution >= 4 is 39.3 Å². The molecule has 0 spiro atoms. The number of piperazine rings is 1. The Hall–Kier alpha value is -4.48. The number of hydrogen-bond acceptors (Lipinski definition) is 8. The Kier molecular flexibility index (Phi) is 7.20. The Morgan fingerprint density at radius 1 is 1.02 bits per heavy atom. The third-order valence-electron chi connectivity index (χ3n) is 9.11. The van der Waals surface area contributed by atoms with E-state index in [0.717, 1.165) is 79.4 Å². The second-order valence-corrected chi connectivity index (χ2v) is 11.5. The van der Waals surface area contributed by atoms with Crippen molar-refractivity contribution in [3.63, 3.8) is 0 Å². The number of fused-ring (bicyclic) bond motifs is 2. The molecule has 11 nitrogen and oxygen atoms in total. The average molecular weight is 580 g/mol. The summed E-state index contributed by atoms with van der Waals surface area (Å²) in [5, 5.41) is 13.3. The van der Waals surface area contributed by atoms with Gasteiger partial charge in [0, 0.05) is 55.7 Å². The van der Waals surface area contributed by atoms with Crippen molar-refractivity contribution in [3.8, 4) is 17.0 Å². The Morgan fingerprint density at radius 3 is 2.56 bits per heavy atom. The second kappa shape index (κ2) is 11.3. The van der Waals surface area contributed by atoms with Gasteiger partial charge in [-0.3, -0.25) is 9.69 Å². The molecule has 1 aliphatic heterocycles. The molecule has 1 aliphatic carbocycles. The quantitative estimate of drug-likeness (QED) is 0.273. The van der Waals surface area contributed by atoms with Crippen LogP contribution in [0.2, 0.25) is 0 Å². The van der Waals surface area contributed by atoms with E-state index in [1.807, 2.05) is 60.1 Å². The van der Waals surface area contributed by atoms with Crippen LogP contribution in [0.1, 0.15) is 42.2 Å². The molecule has 1 saturated heterocycles. The fraction of sp³-hybridized carbons (Fsp3) is 0.375. The van der Waals surface area contributed by atoms with E-state index in [4.69, 9.17) is 15.6 Å². The molecule has 2 aromatic carbocycles. The fourth-order valence-corrected chi connectivity index (χ4v) is 6.80. The number of nitrogens with one attached hydrogen (secondary N) is 2. The number of nitrogens with zero attached hydrogens (tertiary/aromatic N) is 6. The summed E-state index contributed by atoms with van der Waals surface area (Å²) in [4.78, 5) is 24.9. The molecular formula is C32H37N9O2. The molecule has 0 unspecified atom stereocenters. The summed E-state index contributed by atoms with van der Waals surface area (Å²) in [6.07, 6.45) is 5.87. The zero-order chi connectivity index (χ0) is 29.5. The number of rotatable bonds is 6. The second-order valence-electron chi connectivity index (χ2n) is 11.5. The zero-order valence-electron chi connectivity index (χ0n) is 24.6. The van der Waals surface area contributed by atoms with Crippen molar-refractivity contribution in [3.05, 3.63) is 60.6 Å². The lowest BCUT2D eigenvalue weighted by atomic mass is 9.90. The van der Waals surface area contributed by atoms with E-state index in [1.165, 1.54) is 6.33 Å². The van der Waals surface area contributed by atoms with Gasteiger partial charge >= 0.3 is 0 Å². The van der Waals surface area contributed by atoms with E-state index in [2.05, 4.69) is 30.2 Å². The highest BCUT2D eigenvalue weighted by Crippen LogP contribution is 2.39. The molecule has 4 heterocycles. The summed E-state index contributed by atoms with van der Waals surface area (Å²) >= 11 is 0. The molecule has 1 saturated carbocycles. The van der Waals surface area contributed by atoms with Crippen LogP contribution in [-0.2, 0) is 7.05 Å². The Labute approximate surface area is 250 Å². The summed E-state index contributed by atoms with van der Waals surface area (Å²) < 4.78 is 9.69. The lowest BCUT2D eigenvalue weighted by Gasteiger charge is -2.39. The molecule has 11 heteroatoms. The first-order valence-electron chi connectivity index (χ1n) is 15.0. The Bertz CT molecular complexity index is 1800. The SMILES string of the molecule is COc1cc(-c2nn(C3CCC(N4CCNCC4)CC3)c3ncnc(N)c23)ccc1NC(=O)c1cc2ccccc2n1C. The summed E-state index contributed by atoms with van der Waals surface area (Å²) in [5.74, 6) is 0.709. The van der Waals surface area contributed by atoms with Crippen LogP contribution < -0.4 is 21.1 Å². The highest BCUT2D eigenvalue weighted by molar-refractivity contribution is 6.07. The van der Waals surface area contributed by atoms with E-state index < -0.39 is 0 Å². The average Bonchev–Trinajstić information content (AvgIpc) is 3.61. The van der Waals surface area contributed by atoms with E-state index >= 15 is 0 Å². The highest BCUT2D eigenvalue weighted by Gasteiger charge is 2.30. The lowest BCUT2D eigenvalue weighted by Crippen LogP contribution is -2.49. The minimum Gasteiger partial charge on any atom is -0.495 e. The van der Waals surface area contributed by atoms with Gasteiger partial charge < -0.3 is 25.7 Å². The summed E-state index contributed by atoms with van der Waals surface area (Å²) in [7, 11) is 3.49. The van der Waals surface area contributed by atoms with Crippen molar-refractivity contribution in [2.45, 2.75) is 37.8 Å². The molecule has 4 N–H and O–H groups in total. The van der Waals surface area contributed by atoms with Gasteiger partial charge in [0.1, 0.15) is 29.3 Å². The maximum atomic E-state index is 13.3. The maximum Gasteiger partial charge on any atom is 0.272 e. The fourth-order valence-electron chi connectivity index (χ4n) is 6.80. The molecule has 0 atom stereocenters. The van der Waals surface area contributed by atoms with Crippen LogP contribution in [0.3, 0.4) is 0 Å². The number of carbonyl (C=O) groups is 1. The number of nitrogens with two attached hydrogens (primary N) is 1. The van der Waals surface area contributed by atoms with E-state index in [-0.39, 0.29) is 11.9 Å². The number of nitrogen functional groups attached to an aromatic ring is 1. The van der Waals surface area contributed by atoms with Gasteiger partial charge in [-0.25, -0.2) is 14.6 Å². The number of amides is 1. The van der Waals surface area contributed by atoms with E-state index in [9.17, 15) is 4.79 Å². The smallest absolute Gasteiger partial charge is 0.272 e. The van der Waals surface area contributed by atoms with Crippen molar-refractivity contribution < 1.29 is 9.53 Å².